The molecule has 0 amide bonds. The predicted octanol–water partition coefficient (Wildman–Crippen LogP) is 3.20. The molecule has 1 aliphatic rings. The summed E-state index contributed by atoms with van der Waals surface area (Å²) in [6.07, 6.45) is 4.17. The average Bonchev–Trinajstić information content (AvgIpc) is 2.68. The maximum Gasteiger partial charge on any atom is 0.131 e. The first-order valence-corrected chi connectivity index (χ1v) is 7.86. The minimum Gasteiger partial charge on any atom is -0.300 e. The second-order valence-corrected chi connectivity index (χ2v) is 6.07. The van der Waals surface area contributed by atoms with Crippen molar-refractivity contribution in [2.24, 2.45) is 0 Å². The van der Waals surface area contributed by atoms with E-state index in [0.717, 1.165) is 42.5 Å². The molecule has 2 rings (SSSR count). The number of hydrogen-bond acceptors (Lipinski definition) is 3. The van der Waals surface area contributed by atoms with Gasteiger partial charge in [0.2, 0.25) is 0 Å². The molecular formula is C15H24ClN3O. The Bertz CT molecular complexity index is 484. The van der Waals surface area contributed by atoms with Gasteiger partial charge in [-0.2, -0.15) is 5.10 Å². The van der Waals surface area contributed by atoms with Crippen LogP contribution in [0.15, 0.2) is 0 Å². The van der Waals surface area contributed by atoms with Gasteiger partial charge in [0, 0.05) is 25.6 Å². The predicted molar refractivity (Wildman–Crippen MR) is 81.0 cm³/mol. The smallest absolute Gasteiger partial charge is 0.131 e. The van der Waals surface area contributed by atoms with Crippen LogP contribution >= 0.6 is 11.6 Å². The van der Waals surface area contributed by atoms with Gasteiger partial charge in [-0.25, -0.2) is 0 Å². The molecule has 1 aromatic heterocycles. The SMILES string of the molecule is CCn1nc(C)c(Cl)c1CN1CCCCC1CC(C)=O. The van der Waals surface area contributed by atoms with Crippen molar-refractivity contribution < 1.29 is 4.79 Å². The van der Waals surface area contributed by atoms with Crippen molar-refractivity contribution in [2.45, 2.75) is 65.6 Å². The number of carbonyl (C=O) groups is 1. The molecule has 0 N–H and O–H groups in total. The average molecular weight is 298 g/mol. The van der Waals surface area contributed by atoms with E-state index in [2.05, 4.69) is 16.9 Å². The molecule has 1 aromatic rings. The van der Waals surface area contributed by atoms with Crippen molar-refractivity contribution in [3.63, 3.8) is 0 Å². The molecule has 0 radical (unpaired) electrons. The van der Waals surface area contributed by atoms with Crippen LogP contribution in [0, 0.1) is 6.92 Å². The standard InChI is InChI=1S/C15H24ClN3O/c1-4-19-14(15(16)12(3)17-19)10-18-8-6-5-7-13(18)9-11(2)20/h13H,4-10H2,1-3H3. The fourth-order valence-electron chi connectivity index (χ4n) is 3.04. The molecule has 20 heavy (non-hydrogen) atoms. The highest BCUT2D eigenvalue weighted by Gasteiger charge is 2.26. The number of likely N-dealkylation sites (tertiary alicyclic amines) is 1. The van der Waals surface area contributed by atoms with Gasteiger partial charge >= 0.3 is 0 Å². The fraction of sp³-hybridized carbons (Fsp3) is 0.733. The third-order valence-corrected chi connectivity index (χ3v) is 4.57. The summed E-state index contributed by atoms with van der Waals surface area (Å²) in [4.78, 5) is 13.8. The highest BCUT2D eigenvalue weighted by atomic mass is 35.5. The van der Waals surface area contributed by atoms with Gasteiger partial charge in [0.05, 0.1) is 16.4 Å². The summed E-state index contributed by atoms with van der Waals surface area (Å²) in [5.41, 5.74) is 1.98. The van der Waals surface area contributed by atoms with Gasteiger partial charge in [-0.1, -0.05) is 18.0 Å². The fourth-order valence-corrected chi connectivity index (χ4v) is 3.24. The molecule has 0 saturated carbocycles. The number of piperidine rings is 1. The van der Waals surface area contributed by atoms with Crippen molar-refractivity contribution in [1.82, 2.24) is 14.7 Å². The van der Waals surface area contributed by atoms with E-state index in [1.807, 2.05) is 11.6 Å². The first-order chi connectivity index (χ1) is 9.52. The maximum absolute atomic E-state index is 11.4. The van der Waals surface area contributed by atoms with Crippen molar-refractivity contribution in [2.75, 3.05) is 6.54 Å². The second kappa shape index (κ2) is 6.72. The molecular weight excluding hydrogens is 274 g/mol. The van der Waals surface area contributed by atoms with E-state index in [1.54, 1.807) is 6.92 Å². The number of halogens is 1. The van der Waals surface area contributed by atoms with Gasteiger partial charge in [-0.05, 0) is 40.2 Å². The maximum atomic E-state index is 11.4. The zero-order valence-corrected chi connectivity index (χ0v) is 13.4. The Kier molecular flexibility index (Phi) is 5.22. The lowest BCUT2D eigenvalue weighted by Gasteiger charge is -2.35. The molecule has 1 atom stereocenters. The molecule has 1 aliphatic heterocycles. The van der Waals surface area contributed by atoms with Crippen LogP contribution in [0.25, 0.3) is 0 Å². The van der Waals surface area contributed by atoms with Crippen LogP contribution in [0.3, 0.4) is 0 Å². The molecule has 1 fully saturated rings. The first-order valence-electron chi connectivity index (χ1n) is 7.48. The molecule has 0 bridgehead atoms. The van der Waals surface area contributed by atoms with Gasteiger partial charge in [-0.3, -0.25) is 14.4 Å². The Morgan fingerprint density at radius 3 is 2.85 bits per heavy atom. The van der Waals surface area contributed by atoms with Gasteiger partial charge in [0.15, 0.2) is 0 Å². The number of ketones is 1. The summed E-state index contributed by atoms with van der Waals surface area (Å²) >= 11 is 6.39. The Balaban J connectivity index is 2.16. The Morgan fingerprint density at radius 1 is 1.45 bits per heavy atom. The van der Waals surface area contributed by atoms with Crippen LogP contribution < -0.4 is 0 Å². The summed E-state index contributed by atoms with van der Waals surface area (Å²) < 4.78 is 1.98. The van der Waals surface area contributed by atoms with Crippen molar-refractivity contribution in [3.8, 4) is 0 Å². The summed E-state index contributed by atoms with van der Waals surface area (Å²) in [6.45, 7) is 8.37. The number of Topliss-reactive ketones (excluding diaryl/α,β-unsaturated/α-hetero) is 1. The van der Waals surface area contributed by atoms with Gasteiger partial charge in [-0.15, -0.1) is 0 Å². The molecule has 5 heteroatoms. The van der Waals surface area contributed by atoms with Crippen LogP contribution in [-0.4, -0.2) is 33.1 Å². The zero-order chi connectivity index (χ0) is 14.7. The quantitative estimate of drug-likeness (QED) is 0.837. The van der Waals surface area contributed by atoms with E-state index in [-0.39, 0.29) is 5.78 Å². The lowest BCUT2D eigenvalue weighted by molar-refractivity contribution is -0.118. The Labute approximate surface area is 126 Å². The van der Waals surface area contributed by atoms with Crippen LogP contribution in [-0.2, 0) is 17.9 Å². The van der Waals surface area contributed by atoms with Gasteiger partial charge < -0.3 is 0 Å². The van der Waals surface area contributed by atoms with Crippen molar-refractivity contribution >= 4 is 17.4 Å². The number of nitrogens with zero attached hydrogens (tertiary/aromatic N) is 3. The van der Waals surface area contributed by atoms with E-state index in [4.69, 9.17) is 11.6 Å². The number of aromatic nitrogens is 2. The second-order valence-electron chi connectivity index (χ2n) is 5.69. The zero-order valence-electron chi connectivity index (χ0n) is 12.7. The third-order valence-electron chi connectivity index (χ3n) is 4.08. The largest absolute Gasteiger partial charge is 0.300 e. The monoisotopic (exact) mass is 297 g/mol. The molecule has 0 aromatic carbocycles. The Morgan fingerprint density at radius 2 is 2.20 bits per heavy atom. The topological polar surface area (TPSA) is 38.1 Å². The van der Waals surface area contributed by atoms with Crippen LogP contribution in [0.1, 0.15) is 50.9 Å². The molecule has 1 saturated heterocycles. The Hall–Kier alpha value is -0.870. The number of aryl methyl sites for hydroxylation is 2. The highest BCUT2D eigenvalue weighted by Crippen LogP contribution is 2.26. The molecule has 4 nitrogen and oxygen atoms in total. The first kappa shape index (κ1) is 15.5. The third kappa shape index (κ3) is 3.41. The molecule has 112 valence electrons. The molecule has 1 unspecified atom stereocenters. The van der Waals surface area contributed by atoms with Crippen molar-refractivity contribution in [1.29, 1.82) is 0 Å². The van der Waals surface area contributed by atoms with Crippen LogP contribution in [0.2, 0.25) is 5.02 Å². The van der Waals surface area contributed by atoms with E-state index >= 15 is 0 Å². The normalized spacial score (nSPS) is 20.3. The number of hydrogen-bond donors (Lipinski definition) is 0. The van der Waals surface area contributed by atoms with Crippen LogP contribution in [0.4, 0.5) is 0 Å². The van der Waals surface area contributed by atoms with E-state index < -0.39 is 0 Å². The minimum absolute atomic E-state index is 0.271. The molecule has 0 spiro atoms. The van der Waals surface area contributed by atoms with E-state index in [9.17, 15) is 4.79 Å². The summed E-state index contributed by atoms with van der Waals surface area (Å²) in [5.74, 6) is 0.271. The highest BCUT2D eigenvalue weighted by molar-refractivity contribution is 6.31. The lowest BCUT2D eigenvalue weighted by atomic mass is 9.97. The van der Waals surface area contributed by atoms with Gasteiger partial charge in [0.25, 0.3) is 0 Å². The van der Waals surface area contributed by atoms with Gasteiger partial charge in [0.1, 0.15) is 5.78 Å². The summed E-state index contributed by atoms with van der Waals surface area (Å²) in [5, 5.41) is 5.25. The molecule has 2 heterocycles. The van der Waals surface area contributed by atoms with E-state index in [1.165, 1.54) is 12.8 Å². The van der Waals surface area contributed by atoms with Crippen LogP contribution in [0.5, 0.6) is 0 Å². The minimum atomic E-state index is 0.271. The lowest BCUT2D eigenvalue weighted by Crippen LogP contribution is -2.40. The summed E-state index contributed by atoms with van der Waals surface area (Å²) in [7, 11) is 0. The molecule has 0 aliphatic carbocycles. The number of carbonyl (C=O) groups excluding carboxylic acids is 1. The summed E-state index contributed by atoms with van der Waals surface area (Å²) in [6, 6.07) is 0.359. The van der Waals surface area contributed by atoms with E-state index in [0.29, 0.717) is 12.5 Å². The number of rotatable bonds is 5. The van der Waals surface area contributed by atoms with Crippen molar-refractivity contribution in [3.05, 3.63) is 16.4 Å².